The molecule has 0 aliphatic rings. The van der Waals surface area contributed by atoms with Crippen molar-refractivity contribution < 1.29 is 0 Å². The Labute approximate surface area is 149 Å². The first-order valence-electron chi connectivity index (χ1n) is 8.01. The Bertz CT molecular complexity index is 693. The van der Waals surface area contributed by atoms with E-state index in [2.05, 4.69) is 65.7 Å². The average Bonchev–Trinajstić information content (AvgIpc) is 2.62. The molecule has 0 fully saturated rings. The van der Waals surface area contributed by atoms with E-state index in [4.69, 9.17) is 0 Å². The summed E-state index contributed by atoms with van der Waals surface area (Å²) in [7, 11) is 1.97. The fraction of sp³-hybridized carbons (Fsp3) is 0.250. The van der Waals surface area contributed by atoms with E-state index in [-0.39, 0.29) is 0 Å². The van der Waals surface area contributed by atoms with Gasteiger partial charge >= 0.3 is 0 Å². The van der Waals surface area contributed by atoms with Crippen LogP contribution in [0.4, 0.5) is 5.69 Å². The van der Waals surface area contributed by atoms with E-state index in [1.165, 1.54) is 21.6 Å². The van der Waals surface area contributed by atoms with Crippen molar-refractivity contribution in [2.24, 2.45) is 5.10 Å². The Hall–Kier alpha value is -2.04. The summed E-state index contributed by atoms with van der Waals surface area (Å²) in [4.78, 5) is 1.29. The normalized spacial score (nSPS) is 11.0. The number of anilines is 1. The van der Waals surface area contributed by atoms with Gasteiger partial charge in [0.15, 0.2) is 0 Å². The van der Waals surface area contributed by atoms with E-state index in [0.717, 1.165) is 18.7 Å². The minimum Gasteiger partial charge on any atom is -0.316 e. The SMILES string of the molecule is C=CN(/N=C\C)c1ccc(Cc2ccc(SC)cc2)c(CNC)c1. The van der Waals surface area contributed by atoms with Crippen molar-refractivity contribution in [1.29, 1.82) is 0 Å². The summed E-state index contributed by atoms with van der Waals surface area (Å²) < 4.78 is 0. The molecule has 0 aliphatic heterocycles. The standard InChI is InChI=1S/C20H25N3S/c1-5-22-23(6-2)19-10-9-17(18(14-19)15-21-3)13-16-7-11-20(24-4)12-8-16/h5-12,14,21H,2,13,15H2,1,3-4H3/b22-5-. The summed E-state index contributed by atoms with van der Waals surface area (Å²) in [5.74, 6) is 0. The van der Waals surface area contributed by atoms with Crippen LogP contribution >= 0.6 is 11.8 Å². The smallest absolute Gasteiger partial charge is 0.0648 e. The molecule has 2 aromatic rings. The molecule has 3 nitrogen and oxygen atoms in total. The predicted molar refractivity (Wildman–Crippen MR) is 107 cm³/mol. The van der Waals surface area contributed by atoms with Crippen molar-refractivity contribution >= 4 is 23.7 Å². The van der Waals surface area contributed by atoms with Crippen molar-refractivity contribution in [2.75, 3.05) is 18.3 Å². The Kier molecular flexibility index (Phi) is 7.09. The van der Waals surface area contributed by atoms with Gasteiger partial charge in [0.05, 0.1) is 5.69 Å². The molecule has 0 bridgehead atoms. The molecule has 2 aromatic carbocycles. The number of rotatable bonds is 8. The zero-order valence-corrected chi connectivity index (χ0v) is 15.4. The third kappa shape index (κ3) is 4.73. The van der Waals surface area contributed by atoms with E-state index >= 15 is 0 Å². The number of thioether (sulfide) groups is 1. The monoisotopic (exact) mass is 339 g/mol. The second-order valence-corrected chi connectivity index (χ2v) is 6.29. The van der Waals surface area contributed by atoms with Crippen LogP contribution in [-0.4, -0.2) is 19.5 Å². The lowest BCUT2D eigenvalue weighted by Gasteiger charge is -2.17. The van der Waals surface area contributed by atoms with Crippen molar-refractivity contribution in [2.45, 2.75) is 24.8 Å². The van der Waals surface area contributed by atoms with Crippen LogP contribution in [0.3, 0.4) is 0 Å². The Morgan fingerprint density at radius 1 is 1.17 bits per heavy atom. The van der Waals surface area contributed by atoms with Gasteiger partial charge in [0.25, 0.3) is 0 Å². The maximum atomic E-state index is 4.31. The number of hydrazone groups is 1. The summed E-state index contributed by atoms with van der Waals surface area (Å²) in [6, 6.07) is 15.2. The molecule has 0 spiro atoms. The van der Waals surface area contributed by atoms with Crippen LogP contribution in [0.2, 0.25) is 0 Å². The molecular formula is C20H25N3S. The fourth-order valence-corrected chi connectivity index (χ4v) is 3.00. The Morgan fingerprint density at radius 2 is 1.92 bits per heavy atom. The molecule has 4 heteroatoms. The maximum Gasteiger partial charge on any atom is 0.0648 e. The summed E-state index contributed by atoms with van der Waals surface area (Å²) in [6.45, 7) is 6.56. The van der Waals surface area contributed by atoms with E-state index in [0.29, 0.717) is 0 Å². The zero-order valence-electron chi connectivity index (χ0n) is 14.6. The summed E-state index contributed by atoms with van der Waals surface area (Å²) >= 11 is 1.77. The minimum atomic E-state index is 0.826. The highest BCUT2D eigenvalue weighted by atomic mass is 32.2. The Morgan fingerprint density at radius 3 is 2.50 bits per heavy atom. The van der Waals surface area contributed by atoms with Gasteiger partial charge in [-0.25, -0.2) is 5.01 Å². The minimum absolute atomic E-state index is 0.826. The summed E-state index contributed by atoms with van der Waals surface area (Å²) in [5, 5.41) is 9.36. The number of nitrogens with zero attached hydrogens (tertiary/aromatic N) is 2. The highest BCUT2D eigenvalue weighted by Gasteiger charge is 2.08. The van der Waals surface area contributed by atoms with Crippen LogP contribution < -0.4 is 10.3 Å². The quantitative estimate of drug-likeness (QED) is 0.430. The van der Waals surface area contributed by atoms with Crippen molar-refractivity contribution in [3.63, 3.8) is 0 Å². The average molecular weight is 340 g/mol. The molecule has 0 radical (unpaired) electrons. The molecule has 126 valence electrons. The van der Waals surface area contributed by atoms with Gasteiger partial charge in [-0.3, -0.25) is 0 Å². The molecule has 0 atom stereocenters. The van der Waals surface area contributed by atoms with Gasteiger partial charge in [0, 0.05) is 23.9 Å². The molecule has 0 aromatic heterocycles. The van der Waals surface area contributed by atoms with Crippen molar-refractivity contribution in [1.82, 2.24) is 5.32 Å². The third-order valence-corrected chi connectivity index (χ3v) is 4.53. The van der Waals surface area contributed by atoms with Crippen LogP contribution in [0.5, 0.6) is 0 Å². The molecule has 24 heavy (non-hydrogen) atoms. The molecule has 2 rings (SSSR count). The first kappa shape index (κ1) is 18.3. The number of benzene rings is 2. The third-order valence-electron chi connectivity index (χ3n) is 3.79. The molecule has 0 heterocycles. The van der Waals surface area contributed by atoms with Gasteiger partial charge in [0.2, 0.25) is 0 Å². The second kappa shape index (κ2) is 9.30. The summed E-state index contributed by atoms with van der Waals surface area (Å²) in [5.41, 5.74) is 4.96. The van der Waals surface area contributed by atoms with E-state index < -0.39 is 0 Å². The maximum absolute atomic E-state index is 4.31. The molecule has 0 aliphatic carbocycles. The van der Waals surface area contributed by atoms with Gasteiger partial charge < -0.3 is 5.32 Å². The molecule has 1 N–H and O–H groups in total. The molecule has 0 amide bonds. The fourth-order valence-electron chi connectivity index (χ4n) is 2.59. The first-order valence-corrected chi connectivity index (χ1v) is 9.24. The number of hydrogen-bond donors (Lipinski definition) is 1. The van der Waals surface area contributed by atoms with Gasteiger partial charge in [-0.1, -0.05) is 24.8 Å². The van der Waals surface area contributed by atoms with Gasteiger partial charge in [-0.15, -0.1) is 11.8 Å². The van der Waals surface area contributed by atoms with Gasteiger partial charge in [0.1, 0.15) is 0 Å². The lowest BCUT2D eigenvalue weighted by atomic mass is 9.99. The highest BCUT2D eigenvalue weighted by molar-refractivity contribution is 7.98. The molecule has 0 unspecified atom stereocenters. The zero-order chi connectivity index (χ0) is 17.4. The second-order valence-electron chi connectivity index (χ2n) is 5.41. The van der Waals surface area contributed by atoms with Crippen molar-refractivity contribution in [3.05, 3.63) is 71.9 Å². The lowest BCUT2D eigenvalue weighted by Crippen LogP contribution is -2.11. The molecule has 0 saturated carbocycles. The van der Waals surface area contributed by atoms with E-state index in [9.17, 15) is 0 Å². The first-order chi connectivity index (χ1) is 11.7. The molecule has 0 saturated heterocycles. The highest BCUT2D eigenvalue weighted by Crippen LogP contribution is 2.23. The predicted octanol–water partition coefficient (Wildman–Crippen LogP) is 4.67. The van der Waals surface area contributed by atoms with Gasteiger partial charge in [-0.2, -0.15) is 5.10 Å². The largest absolute Gasteiger partial charge is 0.316 e. The van der Waals surface area contributed by atoms with Crippen LogP contribution in [0.25, 0.3) is 0 Å². The van der Waals surface area contributed by atoms with E-state index in [1.54, 1.807) is 29.2 Å². The van der Waals surface area contributed by atoms with Crippen LogP contribution in [0.15, 0.2) is 65.2 Å². The topological polar surface area (TPSA) is 27.6 Å². The number of hydrogen-bond acceptors (Lipinski definition) is 4. The van der Waals surface area contributed by atoms with Crippen LogP contribution in [0.1, 0.15) is 23.6 Å². The Balaban J connectivity index is 2.29. The van der Waals surface area contributed by atoms with Crippen molar-refractivity contribution in [3.8, 4) is 0 Å². The van der Waals surface area contributed by atoms with Gasteiger partial charge in [-0.05, 0) is 67.6 Å². The van der Waals surface area contributed by atoms with Crippen LogP contribution in [0, 0.1) is 0 Å². The number of nitrogens with one attached hydrogen (secondary N) is 1. The van der Waals surface area contributed by atoms with Crippen LogP contribution in [-0.2, 0) is 13.0 Å². The van der Waals surface area contributed by atoms with E-state index in [1.807, 2.05) is 14.0 Å². The molecular weight excluding hydrogens is 314 g/mol. The summed E-state index contributed by atoms with van der Waals surface area (Å²) in [6.07, 6.45) is 6.51. The lowest BCUT2D eigenvalue weighted by molar-refractivity contribution is 0.807.